The van der Waals surface area contributed by atoms with Crippen LogP contribution in [0.4, 0.5) is 5.69 Å². The second-order valence-electron chi connectivity index (χ2n) is 6.46. The summed E-state index contributed by atoms with van der Waals surface area (Å²) in [4.78, 5) is 24.5. The van der Waals surface area contributed by atoms with Crippen molar-refractivity contribution in [3.8, 4) is 5.75 Å². The van der Waals surface area contributed by atoms with Crippen molar-refractivity contribution in [2.24, 2.45) is 0 Å². The van der Waals surface area contributed by atoms with Crippen LogP contribution in [0.25, 0.3) is 0 Å². The van der Waals surface area contributed by atoms with Gasteiger partial charge in [0.1, 0.15) is 11.8 Å². The molecule has 1 saturated carbocycles. The fraction of sp³-hybridized carbons (Fsp3) is 0.529. The molecule has 24 heavy (non-hydrogen) atoms. The number of methoxy groups -OCH3 is 1. The zero-order valence-corrected chi connectivity index (χ0v) is 14.4. The van der Waals surface area contributed by atoms with Gasteiger partial charge in [-0.25, -0.2) is 0 Å². The Bertz CT molecular complexity index is 638. The molecule has 1 saturated heterocycles. The summed E-state index contributed by atoms with van der Waals surface area (Å²) in [5.41, 5.74) is 0.595. The average molecular weight is 353 g/mol. The van der Waals surface area contributed by atoms with Crippen molar-refractivity contribution in [3.05, 3.63) is 23.2 Å². The summed E-state index contributed by atoms with van der Waals surface area (Å²) in [6.07, 6.45) is 4.64. The highest BCUT2D eigenvalue weighted by atomic mass is 35.5. The first kappa shape index (κ1) is 17.0. The fourth-order valence-electron chi connectivity index (χ4n) is 3.56. The Kier molecular flexibility index (Phi) is 5.26. The lowest BCUT2D eigenvalue weighted by atomic mass is 9.87. The first-order valence-electron chi connectivity index (χ1n) is 8.35. The zero-order chi connectivity index (χ0) is 17.1. The van der Waals surface area contributed by atoms with Gasteiger partial charge < -0.3 is 20.7 Å². The topological polar surface area (TPSA) is 84.0 Å². The number of halogens is 1. The SMILES string of the molecule is COc1ccc(NC(=O)C[C@@H]2[NH2+][C@@H]3CCCC[C@@H]3NC2=O)cc1Cl. The first-order valence-corrected chi connectivity index (χ1v) is 8.73. The minimum Gasteiger partial charge on any atom is -0.495 e. The lowest BCUT2D eigenvalue weighted by Crippen LogP contribution is -3.03. The fourth-order valence-corrected chi connectivity index (χ4v) is 3.82. The van der Waals surface area contributed by atoms with Crippen molar-refractivity contribution in [3.63, 3.8) is 0 Å². The Hall–Kier alpha value is -1.79. The summed E-state index contributed by atoms with van der Waals surface area (Å²) in [5, 5.41) is 8.37. The summed E-state index contributed by atoms with van der Waals surface area (Å²) in [6, 6.07) is 5.35. The third-order valence-corrected chi connectivity index (χ3v) is 5.10. The molecule has 2 aliphatic rings. The summed E-state index contributed by atoms with van der Waals surface area (Å²) in [5.74, 6) is 0.320. The maximum absolute atomic E-state index is 12.3. The van der Waals surface area contributed by atoms with Gasteiger partial charge in [-0.15, -0.1) is 0 Å². The lowest BCUT2D eigenvalue weighted by Gasteiger charge is -2.37. The van der Waals surface area contributed by atoms with E-state index in [4.69, 9.17) is 16.3 Å². The van der Waals surface area contributed by atoms with Crippen LogP contribution >= 0.6 is 11.6 Å². The number of rotatable bonds is 4. The van der Waals surface area contributed by atoms with Gasteiger partial charge in [0.15, 0.2) is 6.04 Å². The number of piperazine rings is 1. The van der Waals surface area contributed by atoms with E-state index < -0.39 is 0 Å². The van der Waals surface area contributed by atoms with Gasteiger partial charge in [-0.1, -0.05) is 18.0 Å². The highest BCUT2D eigenvalue weighted by Crippen LogP contribution is 2.27. The van der Waals surface area contributed by atoms with Crippen LogP contribution in [0.1, 0.15) is 32.1 Å². The maximum Gasteiger partial charge on any atom is 0.279 e. The van der Waals surface area contributed by atoms with E-state index in [0.29, 0.717) is 22.5 Å². The number of carbonyl (C=O) groups is 2. The van der Waals surface area contributed by atoms with E-state index >= 15 is 0 Å². The van der Waals surface area contributed by atoms with E-state index in [9.17, 15) is 9.59 Å². The quantitative estimate of drug-likeness (QED) is 0.757. The minimum absolute atomic E-state index is 0.0407. The smallest absolute Gasteiger partial charge is 0.279 e. The molecule has 2 fully saturated rings. The molecule has 6 nitrogen and oxygen atoms in total. The van der Waals surface area contributed by atoms with Gasteiger partial charge in [0.2, 0.25) is 5.91 Å². The third kappa shape index (κ3) is 3.82. The van der Waals surface area contributed by atoms with Crippen molar-refractivity contribution in [1.29, 1.82) is 0 Å². The molecule has 0 radical (unpaired) electrons. The van der Waals surface area contributed by atoms with Crippen molar-refractivity contribution >= 4 is 29.1 Å². The molecule has 1 aromatic carbocycles. The van der Waals surface area contributed by atoms with Crippen molar-refractivity contribution in [2.75, 3.05) is 12.4 Å². The molecule has 1 heterocycles. The molecule has 0 aromatic heterocycles. The second-order valence-corrected chi connectivity index (χ2v) is 6.87. The van der Waals surface area contributed by atoms with Crippen molar-refractivity contribution in [1.82, 2.24) is 5.32 Å². The number of fused-ring (bicyclic) bond motifs is 1. The number of benzene rings is 1. The number of hydrogen-bond acceptors (Lipinski definition) is 3. The van der Waals surface area contributed by atoms with E-state index in [1.165, 1.54) is 20.0 Å². The Morgan fingerprint density at radius 1 is 1.42 bits per heavy atom. The molecule has 2 amide bonds. The zero-order valence-electron chi connectivity index (χ0n) is 13.7. The number of hydrogen-bond donors (Lipinski definition) is 3. The molecule has 7 heteroatoms. The molecular weight excluding hydrogens is 330 g/mol. The van der Waals surface area contributed by atoms with Crippen LogP contribution in [0.5, 0.6) is 5.75 Å². The van der Waals surface area contributed by atoms with E-state index in [1.807, 2.05) is 0 Å². The highest BCUT2D eigenvalue weighted by Gasteiger charge is 2.40. The summed E-state index contributed by atoms with van der Waals surface area (Å²) >= 11 is 6.06. The van der Waals surface area contributed by atoms with Crippen LogP contribution in [0.3, 0.4) is 0 Å². The van der Waals surface area contributed by atoms with Crippen LogP contribution < -0.4 is 20.7 Å². The second kappa shape index (κ2) is 7.40. The van der Waals surface area contributed by atoms with Gasteiger partial charge in [-0.05, 0) is 31.0 Å². The number of nitrogens with two attached hydrogens (primary N) is 1. The largest absolute Gasteiger partial charge is 0.495 e. The van der Waals surface area contributed by atoms with Crippen LogP contribution in [-0.2, 0) is 9.59 Å². The van der Waals surface area contributed by atoms with Gasteiger partial charge in [-0.3, -0.25) is 9.59 Å². The molecule has 1 aromatic rings. The van der Waals surface area contributed by atoms with Gasteiger partial charge in [0.25, 0.3) is 5.91 Å². The molecule has 1 aliphatic heterocycles. The van der Waals surface area contributed by atoms with E-state index in [-0.39, 0.29) is 30.3 Å². The number of nitrogens with one attached hydrogen (secondary N) is 2. The normalized spacial score (nSPS) is 26.2. The molecule has 1 aliphatic carbocycles. The number of carbonyl (C=O) groups excluding carboxylic acids is 2. The minimum atomic E-state index is -0.363. The van der Waals surface area contributed by atoms with E-state index in [2.05, 4.69) is 16.0 Å². The van der Waals surface area contributed by atoms with Crippen LogP contribution in [0, 0.1) is 0 Å². The number of anilines is 1. The summed E-state index contributed by atoms with van der Waals surface area (Å²) in [7, 11) is 1.54. The van der Waals surface area contributed by atoms with Crippen molar-refractivity contribution in [2.45, 2.75) is 50.2 Å². The van der Waals surface area contributed by atoms with E-state index in [0.717, 1.165) is 12.8 Å². The third-order valence-electron chi connectivity index (χ3n) is 4.80. The molecular formula is C17H23ClN3O3+. The first-order chi connectivity index (χ1) is 11.6. The van der Waals surface area contributed by atoms with Gasteiger partial charge in [0, 0.05) is 12.1 Å². The number of amides is 2. The molecule has 0 unspecified atom stereocenters. The monoisotopic (exact) mass is 352 g/mol. The number of quaternary nitrogens is 1. The van der Waals surface area contributed by atoms with Gasteiger partial charge >= 0.3 is 0 Å². The van der Waals surface area contributed by atoms with Crippen LogP contribution in [-0.4, -0.2) is 37.0 Å². The lowest BCUT2D eigenvalue weighted by molar-refractivity contribution is -0.718. The highest BCUT2D eigenvalue weighted by molar-refractivity contribution is 6.32. The Morgan fingerprint density at radius 3 is 2.96 bits per heavy atom. The molecule has 130 valence electrons. The van der Waals surface area contributed by atoms with E-state index in [1.54, 1.807) is 18.2 Å². The predicted molar refractivity (Wildman–Crippen MR) is 91.2 cm³/mol. The van der Waals surface area contributed by atoms with Crippen LogP contribution in [0.2, 0.25) is 5.02 Å². The van der Waals surface area contributed by atoms with Crippen molar-refractivity contribution < 1.29 is 19.6 Å². The summed E-state index contributed by atoms with van der Waals surface area (Å²) in [6.45, 7) is 0. The Morgan fingerprint density at radius 2 is 2.21 bits per heavy atom. The average Bonchev–Trinajstić information content (AvgIpc) is 2.55. The van der Waals surface area contributed by atoms with Gasteiger partial charge in [0.05, 0.1) is 24.6 Å². The molecule has 0 bridgehead atoms. The summed E-state index contributed by atoms with van der Waals surface area (Å²) < 4.78 is 5.09. The Labute approximate surface area is 146 Å². The molecule has 0 spiro atoms. The standard InChI is InChI=1S/C17H22ClN3O3/c1-24-15-7-6-10(8-11(15)18)19-16(22)9-14-17(23)21-13-5-3-2-4-12(13)20-14/h6-8,12-14,20H,2-5,9H2,1H3,(H,19,22)(H,21,23)/p+1/t12-,13+,14+/m1/s1. The van der Waals surface area contributed by atoms with Crippen LogP contribution in [0.15, 0.2) is 18.2 Å². The molecule has 3 rings (SSSR count). The molecule has 3 atom stereocenters. The maximum atomic E-state index is 12.3. The Balaban J connectivity index is 1.58. The molecule has 4 N–H and O–H groups in total. The van der Waals surface area contributed by atoms with Gasteiger partial charge in [-0.2, -0.15) is 0 Å². The number of ether oxygens (including phenoxy) is 1. The predicted octanol–water partition coefficient (Wildman–Crippen LogP) is 1.05.